The Bertz CT molecular complexity index is 934. The second kappa shape index (κ2) is 7.67. The van der Waals surface area contributed by atoms with Crippen LogP contribution in [0.1, 0.15) is 17.4 Å². The van der Waals surface area contributed by atoms with Gasteiger partial charge in [0.15, 0.2) is 4.90 Å². The van der Waals surface area contributed by atoms with Gasteiger partial charge < -0.3 is 9.88 Å². The van der Waals surface area contributed by atoms with Crippen molar-refractivity contribution in [2.45, 2.75) is 10.9 Å². The fourth-order valence-corrected chi connectivity index (χ4v) is 4.56. The van der Waals surface area contributed by atoms with Crippen molar-refractivity contribution in [2.75, 3.05) is 19.6 Å². The SMILES string of the molecule is Cl.Cn1ccnc1C1CNCCN1S(=O)(=O)c1c(F)cc(C#N)cc1F. The number of nitriles is 1. The molecule has 1 aromatic carbocycles. The minimum Gasteiger partial charge on any atom is -0.337 e. The van der Waals surface area contributed by atoms with Gasteiger partial charge >= 0.3 is 0 Å². The number of nitrogens with zero attached hydrogens (tertiary/aromatic N) is 4. The van der Waals surface area contributed by atoms with Gasteiger partial charge in [0.25, 0.3) is 0 Å². The molecular formula is C15H16ClF2N5O2S. The monoisotopic (exact) mass is 403 g/mol. The van der Waals surface area contributed by atoms with Gasteiger partial charge in [0.05, 0.1) is 17.7 Å². The summed E-state index contributed by atoms with van der Waals surface area (Å²) in [5.41, 5.74) is -0.282. The first kappa shape index (κ1) is 20.3. The van der Waals surface area contributed by atoms with E-state index in [9.17, 15) is 17.2 Å². The van der Waals surface area contributed by atoms with Crippen molar-refractivity contribution in [3.05, 3.63) is 47.5 Å². The minimum atomic E-state index is -4.46. The molecule has 1 aliphatic rings. The summed E-state index contributed by atoms with van der Waals surface area (Å²) in [6, 6.07) is 2.33. The third kappa shape index (κ3) is 3.43. The number of piperazine rings is 1. The Morgan fingerprint density at radius 1 is 1.35 bits per heavy atom. The maximum atomic E-state index is 14.3. The van der Waals surface area contributed by atoms with E-state index in [2.05, 4.69) is 10.3 Å². The van der Waals surface area contributed by atoms with Crippen molar-refractivity contribution in [1.82, 2.24) is 19.2 Å². The standard InChI is InChI=1S/C15H15F2N5O2S.ClH/c1-21-4-3-20-15(21)13-9-19-2-5-22(13)25(23,24)14-11(16)6-10(8-18)7-12(14)17;/h3-4,6-7,13,19H,2,5,9H2,1H3;1H. The van der Waals surface area contributed by atoms with Gasteiger partial charge in [0, 0.05) is 39.1 Å². The van der Waals surface area contributed by atoms with Crippen molar-refractivity contribution < 1.29 is 17.2 Å². The van der Waals surface area contributed by atoms with Crippen LogP contribution >= 0.6 is 12.4 Å². The molecule has 1 aliphatic heterocycles. The zero-order valence-electron chi connectivity index (χ0n) is 13.7. The summed E-state index contributed by atoms with van der Waals surface area (Å²) in [6.07, 6.45) is 3.19. The largest absolute Gasteiger partial charge is 0.337 e. The van der Waals surface area contributed by atoms with Crippen molar-refractivity contribution in [2.24, 2.45) is 7.05 Å². The van der Waals surface area contributed by atoms with Gasteiger partial charge in [-0.1, -0.05) is 0 Å². The summed E-state index contributed by atoms with van der Waals surface area (Å²) < 4.78 is 57.1. The minimum absolute atomic E-state index is 0. The molecular weight excluding hydrogens is 388 g/mol. The molecule has 2 heterocycles. The van der Waals surface area contributed by atoms with Gasteiger partial charge in [0.1, 0.15) is 17.5 Å². The molecule has 1 saturated heterocycles. The van der Waals surface area contributed by atoms with Crippen LogP contribution in [0, 0.1) is 23.0 Å². The Balaban J connectivity index is 0.00000243. The van der Waals surface area contributed by atoms with Crippen molar-refractivity contribution in [3.63, 3.8) is 0 Å². The van der Waals surface area contributed by atoms with Crippen LogP contribution in [-0.4, -0.2) is 41.9 Å². The van der Waals surface area contributed by atoms with Crippen LogP contribution in [0.15, 0.2) is 29.4 Å². The second-order valence-electron chi connectivity index (χ2n) is 5.61. The van der Waals surface area contributed by atoms with Gasteiger partial charge in [-0.15, -0.1) is 12.4 Å². The van der Waals surface area contributed by atoms with Gasteiger partial charge in [0.2, 0.25) is 10.0 Å². The van der Waals surface area contributed by atoms with E-state index in [0.29, 0.717) is 24.5 Å². The molecule has 1 aromatic heterocycles. The summed E-state index contributed by atoms with van der Waals surface area (Å²) in [7, 11) is -2.75. The van der Waals surface area contributed by atoms with E-state index in [1.54, 1.807) is 23.9 Å². The molecule has 7 nitrogen and oxygen atoms in total. The molecule has 0 bridgehead atoms. The average molecular weight is 404 g/mol. The normalized spacial score (nSPS) is 18.2. The molecule has 0 aliphatic carbocycles. The van der Waals surface area contributed by atoms with Crippen LogP contribution in [0.2, 0.25) is 0 Å². The zero-order chi connectivity index (χ0) is 18.2. The second-order valence-corrected chi connectivity index (χ2v) is 7.44. The molecule has 0 saturated carbocycles. The number of halogens is 3. The van der Waals surface area contributed by atoms with E-state index in [-0.39, 0.29) is 31.1 Å². The van der Waals surface area contributed by atoms with Gasteiger partial charge in [-0.25, -0.2) is 22.2 Å². The van der Waals surface area contributed by atoms with Crippen molar-refractivity contribution >= 4 is 22.4 Å². The summed E-state index contributed by atoms with van der Waals surface area (Å²) in [6.45, 7) is 0.655. The fraction of sp³-hybridized carbons (Fsp3) is 0.333. The van der Waals surface area contributed by atoms with Crippen LogP contribution in [-0.2, 0) is 17.1 Å². The molecule has 2 aromatic rings. The van der Waals surface area contributed by atoms with Crippen LogP contribution in [0.5, 0.6) is 0 Å². The molecule has 26 heavy (non-hydrogen) atoms. The Morgan fingerprint density at radius 3 is 2.54 bits per heavy atom. The highest BCUT2D eigenvalue weighted by atomic mass is 35.5. The quantitative estimate of drug-likeness (QED) is 0.834. The van der Waals surface area contributed by atoms with Crippen molar-refractivity contribution in [3.8, 4) is 6.07 Å². The number of aromatic nitrogens is 2. The lowest BCUT2D eigenvalue weighted by molar-refractivity contribution is 0.256. The van der Waals surface area contributed by atoms with E-state index >= 15 is 0 Å². The highest BCUT2D eigenvalue weighted by Crippen LogP contribution is 2.31. The summed E-state index contributed by atoms with van der Waals surface area (Å²) in [4.78, 5) is 3.11. The molecule has 1 unspecified atom stereocenters. The van der Waals surface area contributed by atoms with Gasteiger partial charge in [-0.2, -0.15) is 9.57 Å². The predicted molar refractivity (Wildman–Crippen MR) is 91.0 cm³/mol. The summed E-state index contributed by atoms with van der Waals surface area (Å²) >= 11 is 0. The molecule has 1 N–H and O–H groups in total. The number of benzene rings is 1. The van der Waals surface area contributed by atoms with Crippen molar-refractivity contribution in [1.29, 1.82) is 5.26 Å². The van der Waals surface area contributed by atoms with Gasteiger partial charge in [-0.3, -0.25) is 0 Å². The fourth-order valence-electron chi connectivity index (χ4n) is 2.88. The molecule has 0 amide bonds. The first-order valence-electron chi connectivity index (χ1n) is 7.45. The maximum Gasteiger partial charge on any atom is 0.249 e. The number of rotatable bonds is 3. The first-order chi connectivity index (χ1) is 11.9. The smallest absolute Gasteiger partial charge is 0.249 e. The van der Waals surface area contributed by atoms with Crippen LogP contribution in [0.4, 0.5) is 8.78 Å². The average Bonchev–Trinajstić information content (AvgIpc) is 2.99. The van der Waals surface area contributed by atoms with Gasteiger partial charge in [-0.05, 0) is 12.1 Å². The lowest BCUT2D eigenvalue weighted by atomic mass is 10.2. The topological polar surface area (TPSA) is 91.0 Å². The van der Waals surface area contributed by atoms with E-state index < -0.39 is 32.6 Å². The molecule has 11 heteroatoms. The van der Waals surface area contributed by atoms with E-state index in [1.807, 2.05) is 0 Å². The van der Waals surface area contributed by atoms with Crippen LogP contribution in [0.25, 0.3) is 0 Å². The predicted octanol–water partition coefficient (Wildman–Crippen LogP) is 1.33. The molecule has 0 spiro atoms. The van der Waals surface area contributed by atoms with E-state index in [1.165, 1.54) is 6.20 Å². The Kier molecular flexibility index (Phi) is 5.98. The lowest BCUT2D eigenvalue weighted by Crippen LogP contribution is -2.49. The van der Waals surface area contributed by atoms with E-state index in [4.69, 9.17) is 5.26 Å². The molecule has 1 atom stereocenters. The van der Waals surface area contributed by atoms with E-state index in [0.717, 1.165) is 4.31 Å². The zero-order valence-corrected chi connectivity index (χ0v) is 15.3. The number of hydrogen-bond acceptors (Lipinski definition) is 5. The number of sulfonamides is 1. The molecule has 1 fully saturated rings. The maximum absolute atomic E-state index is 14.3. The van der Waals surface area contributed by atoms with Crippen LogP contribution < -0.4 is 5.32 Å². The number of hydrogen-bond donors (Lipinski definition) is 1. The van der Waals surface area contributed by atoms with Crippen LogP contribution in [0.3, 0.4) is 0 Å². The Hall–Kier alpha value is -2.06. The highest BCUT2D eigenvalue weighted by molar-refractivity contribution is 7.89. The Morgan fingerprint density at radius 2 is 2.00 bits per heavy atom. The number of imidazole rings is 1. The molecule has 140 valence electrons. The third-order valence-corrected chi connectivity index (χ3v) is 6.01. The lowest BCUT2D eigenvalue weighted by Gasteiger charge is -2.34. The molecule has 3 rings (SSSR count). The summed E-state index contributed by atoms with van der Waals surface area (Å²) in [5, 5.41) is 11.8. The molecule has 0 radical (unpaired) electrons. The highest BCUT2D eigenvalue weighted by Gasteiger charge is 2.39. The number of aryl methyl sites for hydroxylation is 1. The first-order valence-corrected chi connectivity index (χ1v) is 8.89. The third-order valence-electron chi connectivity index (χ3n) is 4.04. The Labute approximate surface area is 155 Å². The number of nitrogens with one attached hydrogen (secondary N) is 1. The summed E-state index contributed by atoms with van der Waals surface area (Å²) in [5.74, 6) is -2.10.